The number of ether oxygens (including phenoxy) is 1. The number of aromatic nitrogens is 4. The van der Waals surface area contributed by atoms with Crippen LogP contribution < -0.4 is 4.74 Å². The van der Waals surface area contributed by atoms with E-state index in [0.29, 0.717) is 28.2 Å². The van der Waals surface area contributed by atoms with Crippen molar-refractivity contribution in [2.24, 2.45) is 7.05 Å². The molecule has 0 spiro atoms. The molecule has 2 aromatic heterocycles. The summed E-state index contributed by atoms with van der Waals surface area (Å²) >= 11 is 3.39. The number of rotatable bonds is 5. The van der Waals surface area contributed by atoms with E-state index in [2.05, 4.69) is 32.7 Å². The molecule has 124 valence electrons. The summed E-state index contributed by atoms with van der Waals surface area (Å²) in [5, 5.41) is 8.55. The Morgan fingerprint density at radius 1 is 1.39 bits per heavy atom. The molecule has 0 amide bonds. The Kier molecular flexibility index (Phi) is 4.03. The fourth-order valence-electron chi connectivity index (χ4n) is 2.52. The predicted octanol–water partition coefficient (Wildman–Crippen LogP) is 3.64. The molecule has 0 aliphatic heterocycles. The molecule has 0 unspecified atom stereocenters. The van der Waals surface area contributed by atoms with E-state index in [0.717, 1.165) is 5.56 Å². The Morgan fingerprint density at radius 3 is 2.61 bits per heavy atom. The molecule has 0 aromatic carbocycles. The summed E-state index contributed by atoms with van der Waals surface area (Å²) in [6, 6.07) is 0. The van der Waals surface area contributed by atoms with Gasteiger partial charge >= 0.3 is 0 Å². The minimum atomic E-state index is -2.62. The third kappa shape index (κ3) is 3.17. The van der Waals surface area contributed by atoms with Crippen molar-refractivity contribution >= 4 is 21.5 Å². The number of aryl methyl sites for hydroxylation is 2. The maximum Gasteiger partial charge on any atom is 0.255 e. The van der Waals surface area contributed by atoms with Gasteiger partial charge < -0.3 is 4.74 Å². The van der Waals surface area contributed by atoms with Gasteiger partial charge in [-0.05, 0) is 28.4 Å². The Balaban J connectivity index is 1.87. The first-order valence-electron chi connectivity index (χ1n) is 7.30. The van der Waals surface area contributed by atoms with Gasteiger partial charge in [0.1, 0.15) is 10.7 Å². The molecule has 2 aromatic rings. The summed E-state index contributed by atoms with van der Waals surface area (Å²) in [6.07, 6.45) is 2.60. The summed E-state index contributed by atoms with van der Waals surface area (Å²) in [4.78, 5) is 0. The SMILES string of the molecule is C=C(c1cn(C)nc1Br)c1cn(CC)nc1OC1CC(F)(F)C1. The second kappa shape index (κ2) is 5.74. The highest BCUT2D eigenvalue weighted by atomic mass is 79.9. The quantitative estimate of drug-likeness (QED) is 0.787. The maximum atomic E-state index is 13.0. The van der Waals surface area contributed by atoms with Gasteiger partial charge in [-0.3, -0.25) is 9.36 Å². The Bertz CT molecular complexity index is 745. The molecule has 0 saturated heterocycles. The van der Waals surface area contributed by atoms with Crippen molar-refractivity contribution in [1.29, 1.82) is 0 Å². The first-order chi connectivity index (χ1) is 10.8. The second-order valence-corrected chi connectivity index (χ2v) is 6.44. The Labute approximate surface area is 141 Å². The van der Waals surface area contributed by atoms with Crippen molar-refractivity contribution in [3.05, 3.63) is 34.7 Å². The summed E-state index contributed by atoms with van der Waals surface area (Å²) in [7, 11) is 1.81. The van der Waals surface area contributed by atoms with E-state index in [1.807, 2.05) is 26.4 Å². The first-order valence-corrected chi connectivity index (χ1v) is 8.09. The van der Waals surface area contributed by atoms with Gasteiger partial charge in [0.2, 0.25) is 5.88 Å². The average Bonchev–Trinajstić information content (AvgIpc) is 2.99. The number of hydrogen-bond acceptors (Lipinski definition) is 3. The fraction of sp³-hybridized carbons (Fsp3) is 0.467. The fourth-order valence-corrected chi connectivity index (χ4v) is 3.11. The number of alkyl halides is 2. The third-order valence-corrected chi connectivity index (χ3v) is 4.40. The minimum Gasteiger partial charge on any atom is -0.472 e. The molecule has 2 heterocycles. The lowest BCUT2D eigenvalue weighted by Gasteiger charge is -2.34. The van der Waals surface area contributed by atoms with E-state index in [4.69, 9.17) is 4.74 Å². The van der Waals surface area contributed by atoms with Gasteiger partial charge in [0.25, 0.3) is 5.92 Å². The summed E-state index contributed by atoms with van der Waals surface area (Å²) in [5.41, 5.74) is 2.19. The van der Waals surface area contributed by atoms with E-state index >= 15 is 0 Å². The van der Waals surface area contributed by atoms with Crippen molar-refractivity contribution < 1.29 is 13.5 Å². The molecule has 1 aliphatic rings. The maximum absolute atomic E-state index is 13.0. The molecule has 0 bridgehead atoms. The standard InChI is InChI=1S/C15H17BrF2N4O/c1-4-22-8-12(9(2)11-7-21(3)19-13(11)16)14(20-22)23-10-5-15(17,18)6-10/h7-8,10H,2,4-6H2,1,3H3. The molecule has 23 heavy (non-hydrogen) atoms. The number of halogens is 3. The molecular weight excluding hydrogens is 370 g/mol. The van der Waals surface area contributed by atoms with Gasteiger partial charge in [0.05, 0.1) is 5.56 Å². The molecule has 0 N–H and O–H groups in total. The average molecular weight is 387 g/mol. The zero-order chi connectivity index (χ0) is 16.8. The highest BCUT2D eigenvalue weighted by Crippen LogP contribution is 2.41. The van der Waals surface area contributed by atoms with E-state index < -0.39 is 12.0 Å². The monoisotopic (exact) mass is 386 g/mol. The molecule has 8 heteroatoms. The third-order valence-electron chi connectivity index (χ3n) is 3.82. The molecular formula is C15H17BrF2N4O. The van der Waals surface area contributed by atoms with Crippen LogP contribution in [0.2, 0.25) is 0 Å². The van der Waals surface area contributed by atoms with Crippen LogP contribution >= 0.6 is 15.9 Å². The van der Waals surface area contributed by atoms with Crippen LogP contribution in [0.25, 0.3) is 5.57 Å². The second-order valence-electron chi connectivity index (χ2n) is 5.69. The van der Waals surface area contributed by atoms with Gasteiger partial charge in [0, 0.05) is 44.4 Å². The van der Waals surface area contributed by atoms with Gasteiger partial charge in [-0.15, -0.1) is 5.10 Å². The molecule has 1 fully saturated rings. The van der Waals surface area contributed by atoms with Crippen LogP contribution in [0.15, 0.2) is 23.6 Å². The highest BCUT2D eigenvalue weighted by molar-refractivity contribution is 9.10. The normalized spacial score (nSPS) is 17.1. The summed E-state index contributed by atoms with van der Waals surface area (Å²) in [6.45, 7) is 6.69. The van der Waals surface area contributed by atoms with Crippen LogP contribution in [0.1, 0.15) is 30.9 Å². The van der Waals surface area contributed by atoms with Crippen LogP contribution in [0.3, 0.4) is 0 Å². The molecule has 1 saturated carbocycles. The van der Waals surface area contributed by atoms with Crippen molar-refractivity contribution in [2.45, 2.75) is 38.3 Å². The number of nitrogens with zero attached hydrogens (tertiary/aromatic N) is 4. The van der Waals surface area contributed by atoms with E-state index in [9.17, 15) is 8.78 Å². The predicted molar refractivity (Wildman–Crippen MR) is 85.5 cm³/mol. The van der Waals surface area contributed by atoms with Crippen molar-refractivity contribution in [3.8, 4) is 5.88 Å². The topological polar surface area (TPSA) is 44.9 Å². The van der Waals surface area contributed by atoms with Crippen LogP contribution in [-0.2, 0) is 13.6 Å². The smallest absolute Gasteiger partial charge is 0.255 e. The van der Waals surface area contributed by atoms with E-state index in [1.165, 1.54) is 0 Å². The van der Waals surface area contributed by atoms with Crippen LogP contribution in [0, 0.1) is 0 Å². The van der Waals surface area contributed by atoms with Gasteiger partial charge in [0.15, 0.2) is 0 Å². The molecule has 5 nitrogen and oxygen atoms in total. The van der Waals surface area contributed by atoms with Crippen molar-refractivity contribution in [3.63, 3.8) is 0 Å². The van der Waals surface area contributed by atoms with E-state index in [-0.39, 0.29) is 12.8 Å². The molecule has 0 radical (unpaired) electrons. The summed E-state index contributed by atoms with van der Waals surface area (Å²) < 4.78 is 35.7. The van der Waals surface area contributed by atoms with E-state index in [1.54, 1.807) is 9.36 Å². The highest BCUT2D eigenvalue weighted by Gasteiger charge is 2.47. The lowest BCUT2D eigenvalue weighted by atomic mass is 9.91. The largest absolute Gasteiger partial charge is 0.472 e. The van der Waals surface area contributed by atoms with Crippen molar-refractivity contribution in [2.75, 3.05) is 0 Å². The van der Waals surface area contributed by atoms with Crippen LogP contribution in [0.5, 0.6) is 5.88 Å². The van der Waals surface area contributed by atoms with Gasteiger partial charge in [-0.2, -0.15) is 5.10 Å². The van der Waals surface area contributed by atoms with Crippen LogP contribution in [-0.4, -0.2) is 31.6 Å². The van der Waals surface area contributed by atoms with Gasteiger partial charge in [-0.1, -0.05) is 6.58 Å². The van der Waals surface area contributed by atoms with Gasteiger partial charge in [-0.25, -0.2) is 8.78 Å². The number of hydrogen-bond donors (Lipinski definition) is 0. The Morgan fingerprint density at radius 2 is 2.09 bits per heavy atom. The lowest BCUT2D eigenvalue weighted by molar-refractivity contribution is -0.135. The summed E-state index contributed by atoms with van der Waals surface area (Å²) in [5.74, 6) is -2.28. The zero-order valence-corrected chi connectivity index (χ0v) is 14.5. The lowest BCUT2D eigenvalue weighted by Crippen LogP contribution is -2.43. The molecule has 3 rings (SSSR count). The minimum absolute atomic E-state index is 0.269. The van der Waals surface area contributed by atoms with Crippen LogP contribution in [0.4, 0.5) is 8.78 Å². The first kappa shape index (κ1) is 16.2. The van der Waals surface area contributed by atoms with Crippen molar-refractivity contribution in [1.82, 2.24) is 19.6 Å². The molecule has 0 atom stereocenters. The molecule has 1 aliphatic carbocycles. The zero-order valence-electron chi connectivity index (χ0n) is 12.9. The Hall–Kier alpha value is -1.70.